The van der Waals surface area contributed by atoms with Crippen molar-refractivity contribution >= 4 is 15.9 Å². The number of hydrogen-bond donors (Lipinski definition) is 0. The Labute approximate surface area is 103 Å². The van der Waals surface area contributed by atoms with Crippen LogP contribution in [0.5, 0.6) is 5.75 Å². The lowest BCUT2D eigenvalue weighted by Gasteiger charge is -2.24. The van der Waals surface area contributed by atoms with Crippen LogP contribution < -0.4 is 4.74 Å². The fourth-order valence-electron chi connectivity index (χ4n) is 1.75. The summed E-state index contributed by atoms with van der Waals surface area (Å²) in [4.78, 5) is 0. The van der Waals surface area contributed by atoms with Crippen molar-refractivity contribution in [2.24, 2.45) is 0 Å². The summed E-state index contributed by atoms with van der Waals surface area (Å²) in [7, 11) is 0. The van der Waals surface area contributed by atoms with Gasteiger partial charge in [-0.15, -0.1) is 0 Å². The van der Waals surface area contributed by atoms with Gasteiger partial charge in [-0.05, 0) is 31.0 Å². The fraction of sp³-hybridized carbons (Fsp3) is 0.500. The molecule has 1 aromatic rings. The number of hydrogen-bond acceptors (Lipinski definition) is 2. The first-order valence-corrected chi connectivity index (χ1v) is 6.50. The molecule has 1 atom stereocenters. The molecule has 0 radical (unpaired) electrons. The van der Waals surface area contributed by atoms with Crippen molar-refractivity contribution < 1.29 is 13.9 Å². The van der Waals surface area contributed by atoms with E-state index in [9.17, 15) is 4.39 Å². The van der Waals surface area contributed by atoms with E-state index in [1.165, 1.54) is 12.1 Å². The molecule has 0 amide bonds. The molecule has 0 aliphatic carbocycles. The minimum absolute atomic E-state index is 0.0945. The second-order valence-electron chi connectivity index (χ2n) is 3.84. The van der Waals surface area contributed by atoms with E-state index in [2.05, 4.69) is 15.9 Å². The zero-order valence-electron chi connectivity index (χ0n) is 8.92. The Hall–Kier alpha value is -0.610. The van der Waals surface area contributed by atoms with Crippen LogP contribution in [0.25, 0.3) is 0 Å². The first kappa shape index (κ1) is 11.9. The molecule has 0 saturated carbocycles. The Morgan fingerprint density at radius 3 is 3.06 bits per heavy atom. The molecule has 1 fully saturated rings. The number of halogens is 2. The van der Waals surface area contributed by atoms with Gasteiger partial charge < -0.3 is 9.47 Å². The molecule has 88 valence electrons. The van der Waals surface area contributed by atoms with E-state index in [0.717, 1.165) is 30.8 Å². The van der Waals surface area contributed by atoms with E-state index in [0.29, 0.717) is 11.9 Å². The average Bonchev–Trinajstić information content (AvgIpc) is 2.33. The van der Waals surface area contributed by atoms with E-state index in [4.69, 9.17) is 9.47 Å². The number of rotatable bonds is 3. The molecule has 0 aromatic heterocycles. The van der Waals surface area contributed by atoms with Gasteiger partial charge >= 0.3 is 0 Å². The van der Waals surface area contributed by atoms with Crippen LogP contribution >= 0.6 is 15.9 Å². The number of alkyl halides is 1. The van der Waals surface area contributed by atoms with Gasteiger partial charge in [-0.25, -0.2) is 4.39 Å². The highest BCUT2D eigenvalue weighted by Gasteiger charge is 2.16. The highest BCUT2D eigenvalue weighted by Crippen LogP contribution is 2.25. The van der Waals surface area contributed by atoms with Gasteiger partial charge in [-0.2, -0.15) is 0 Å². The Balaban J connectivity index is 2.07. The minimum Gasteiger partial charge on any atom is -0.488 e. The summed E-state index contributed by atoms with van der Waals surface area (Å²) in [5, 5.41) is 0.591. The highest BCUT2D eigenvalue weighted by molar-refractivity contribution is 9.08. The first-order valence-electron chi connectivity index (χ1n) is 5.38. The lowest BCUT2D eigenvalue weighted by atomic mass is 10.1. The summed E-state index contributed by atoms with van der Waals surface area (Å²) < 4.78 is 24.2. The molecule has 2 nitrogen and oxygen atoms in total. The minimum atomic E-state index is -0.235. The normalized spacial score (nSPS) is 20.8. The molecule has 16 heavy (non-hydrogen) atoms. The summed E-state index contributed by atoms with van der Waals surface area (Å²) in [5.74, 6) is 0.510. The quantitative estimate of drug-likeness (QED) is 0.795. The van der Waals surface area contributed by atoms with Gasteiger partial charge in [0, 0.05) is 17.5 Å². The Morgan fingerprint density at radius 2 is 2.38 bits per heavy atom. The van der Waals surface area contributed by atoms with Gasteiger partial charge in [-0.1, -0.05) is 15.9 Å². The van der Waals surface area contributed by atoms with Crippen molar-refractivity contribution in [1.29, 1.82) is 0 Å². The zero-order valence-corrected chi connectivity index (χ0v) is 10.5. The third-order valence-corrected chi connectivity index (χ3v) is 3.18. The maximum atomic E-state index is 13.0. The van der Waals surface area contributed by atoms with Gasteiger partial charge in [0.1, 0.15) is 17.7 Å². The van der Waals surface area contributed by atoms with Crippen LogP contribution in [-0.2, 0) is 10.1 Å². The Bertz CT molecular complexity index is 351. The summed E-state index contributed by atoms with van der Waals surface area (Å²) in [6, 6.07) is 4.60. The third kappa shape index (κ3) is 2.95. The molecule has 0 spiro atoms. The summed E-state index contributed by atoms with van der Waals surface area (Å²) in [5.41, 5.74) is 0.838. The molecule has 4 heteroatoms. The van der Waals surface area contributed by atoms with Gasteiger partial charge in [0.25, 0.3) is 0 Å². The number of ether oxygens (including phenoxy) is 2. The zero-order chi connectivity index (χ0) is 11.4. The monoisotopic (exact) mass is 288 g/mol. The maximum absolute atomic E-state index is 13.0. The second kappa shape index (κ2) is 5.64. The maximum Gasteiger partial charge on any atom is 0.124 e. The Kier molecular flexibility index (Phi) is 4.18. The SMILES string of the molecule is Fc1ccc(OC2CCCOC2)c(CBr)c1. The summed E-state index contributed by atoms with van der Waals surface area (Å²) in [6.45, 7) is 1.44. The van der Waals surface area contributed by atoms with Crippen LogP contribution in [0, 0.1) is 5.82 Å². The van der Waals surface area contributed by atoms with Crippen molar-refractivity contribution in [2.45, 2.75) is 24.3 Å². The van der Waals surface area contributed by atoms with E-state index in [1.54, 1.807) is 6.07 Å². The molecule has 1 unspecified atom stereocenters. The predicted molar refractivity (Wildman–Crippen MR) is 63.5 cm³/mol. The van der Waals surface area contributed by atoms with Crippen molar-refractivity contribution in [2.75, 3.05) is 13.2 Å². The van der Waals surface area contributed by atoms with Crippen LogP contribution in [0.3, 0.4) is 0 Å². The van der Waals surface area contributed by atoms with Gasteiger partial charge in [-0.3, -0.25) is 0 Å². The lowest BCUT2D eigenvalue weighted by Crippen LogP contribution is -2.28. The molecular formula is C12H14BrFO2. The largest absolute Gasteiger partial charge is 0.488 e. The molecule has 1 heterocycles. The van der Waals surface area contributed by atoms with E-state index in [1.807, 2.05) is 0 Å². The lowest BCUT2D eigenvalue weighted by molar-refractivity contribution is 0.00711. The third-order valence-electron chi connectivity index (χ3n) is 2.58. The van der Waals surface area contributed by atoms with Gasteiger partial charge in [0.2, 0.25) is 0 Å². The van der Waals surface area contributed by atoms with Crippen LogP contribution in [0.1, 0.15) is 18.4 Å². The molecule has 0 bridgehead atoms. The van der Waals surface area contributed by atoms with Crippen molar-refractivity contribution in [1.82, 2.24) is 0 Å². The van der Waals surface area contributed by atoms with Crippen molar-refractivity contribution in [3.63, 3.8) is 0 Å². The molecule has 1 aromatic carbocycles. The van der Waals surface area contributed by atoms with Crippen molar-refractivity contribution in [3.05, 3.63) is 29.6 Å². The second-order valence-corrected chi connectivity index (χ2v) is 4.40. The van der Waals surface area contributed by atoms with Gasteiger partial charge in [0.05, 0.1) is 6.61 Å². The van der Waals surface area contributed by atoms with E-state index in [-0.39, 0.29) is 11.9 Å². The predicted octanol–water partition coefficient (Wildman–Crippen LogP) is 3.28. The summed E-state index contributed by atoms with van der Waals surface area (Å²) >= 11 is 3.33. The van der Waals surface area contributed by atoms with Crippen LogP contribution in [0.4, 0.5) is 4.39 Å². The highest BCUT2D eigenvalue weighted by atomic mass is 79.9. The topological polar surface area (TPSA) is 18.5 Å². The molecular weight excluding hydrogens is 275 g/mol. The van der Waals surface area contributed by atoms with Crippen LogP contribution in [0.15, 0.2) is 18.2 Å². The van der Waals surface area contributed by atoms with E-state index < -0.39 is 0 Å². The molecule has 1 saturated heterocycles. The molecule has 2 rings (SSSR count). The van der Waals surface area contributed by atoms with Crippen LogP contribution in [-0.4, -0.2) is 19.3 Å². The van der Waals surface area contributed by atoms with E-state index >= 15 is 0 Å². The number of benzene rings is 1. The van der Waals surface area contributed by atoms with Gasteiger partial charge in [0.15, 0.2) is 0 Å². The molecule has 1 aliphatic rings. The standard InChI is InChI=1S/C12H14BrFO2/c13-7-9-6-10(14)3-4-12(9)16-11-2-1-5-15-8-11/h3-4,6,11H,1-2,5,7-8H2. The molecule has 0 N–H and O–H groups in total. The smallest absolute Gasteiger partial charge is 0.124 e. The fourth-order valence-corrected chi connectivity index (χ4v) is 2.19. The Morgan fingerprint density at radius 1 is 1.50 bits per heavy atom. The molecule has 1 aliphatic heterocycles. The average molecular weight is 289 g/mol. The van der Waals surface area contributed by atoms with Crippen LogP contribution in [0.2, 0.25) is 0 Å². The first-order chi connectivity index (χ1) is 7.79. The van der Waals surface area contributed by atoms with Crippen molar-refractivity contribution in [3.8, 4) is 5.75 Å². The summed E-state index contributed by atoms with van der Waals surface area (Å²) in [6.07, 6.45) is 2.12.